The van der Waals surface area contributed by atoms with Crippen LogP contribution >= 0.6 is 0 Å². The zero-order valence-electron chi connectivity index (χ0n) is 5.62. The van der Waals surface area contributed by atoms with Gasteiger partial charge in [-0.25, -0.2) is 0 Å². The third-order valence-electron chi connectivity index (χ3n) is 0.854. The Labute approximate surface area is 50.8 Å². The first-order chi connectivity index (χ1) is 3.91. The summed E-state index contributed by atoms with van der Waals surface area (Å²) in [6.07, 6.45) is 0. The minimum Gasteiger partial charge on any atom is -0.316 e. The molecule has 0 aromatic carbocycles. The molecule has 0 aromatic heterocycles. The molecule has 0 bridgehead atoms. The van der Waals surface area contributed by atoms with Gasteiger partial charge in [0.05, 0.1) is 0 Å². The van der Waals surface area contributed by atoms with E-state index in [-0.39, 0.29) is 0 Å². The summed E-state index contributed by atoms with van der Waals surface area (Å²) in [4.78, 5) is 0. The Hall–Kier alpha value is -0.120. The summed E-state index contributed by atoms with van der Waals surface area (Å²) in [7, 11) is 1.87. The van der Waals surface area contributed by atoms with Crippen molar-refractivity contribution in [3.05, 3.63) is 0 Å². The van der Waals surface area contributed by atoms with Crippen LogP contribution in [0.1, 0.15) is 6.92 Å². The molecule has 0 amide bonds. The summed E-state index contributed by atoms with van der Waals surface area (Å²) >= 11 is 0. The average Bonchev–Trinajstić information content (AvgIpc) is 1.81. The molecule has 0 aliphatic heterocycles. The van der Waals surface area contributed by atoms with Gasteiger partial charge < -0.3 is 5.32 Å². The highest BCUT2D eigenvalue weighted by molar-refractivity contribution is 4.43. The smallest absolute Gasteiger partial charge is 0.0225 e. The standard InChI is InChI=1S/C5H15N3/c1-3-7-4-5-8-6-2/h6-8H,3-5H2,1-2H3. The second-order valence-corrected chi connectivity index (χ2v) is 1.53. The Morgan fingerprint density at radius 3 is 2.50 bits per heavy atom. The Balaban J connectivity index is 2.53. The number of likely N-dealkylation sites (N-methyl/N-ethyl adjacent to an activating group) is 1. The lowest BCUT2D eigenvalue weighted by atomic mass is 10.6. The van der Waals surface area contributed by atoms with E-state index < -0.39 is 0 Å². The third-order valence-corrected chi connectivity index (χ3v) is 0.854. The second kappa shape index (κ2) is 6.88. The van der Waals surface area contributed by atoms with Crippen molar-refractivity contribution >= 4 is 0 Å². The normalized spacial score (nSPS) is 9.75. The first-order valence-electron chi connectivity index (χ1n) is 3.02. The fraction of sp³-hybridized carbons (Fsp3) is 1.00. The number of rotatable bonds is 5. The highest BCUT2D eigenvalue weighted by Crippen LogP contribution is 1.52. The van der Waals surface area contributed by atoms with E-state index >= 15 is 0 Å². The summed E-state index contributed by atoms with van der Waals surface area (Å²) in [6.45, 7) is 5.15. The van der Waals surface area contributed by atoms with Gasteiger partial charge in [0.15, 0.2) is 0 Å². The van der Waals surface area contributed by atoms with Gasteiger partial charge in [-0.05, 0) is 13.6 Å². The highest BCUT2D eigenvalue weighted by Gasteiger charge is 1.78. The zero-order valence-corrected chi connectivity index (χ0v) is 5.62. The lowest BCUT2D eigenvalue weighted by molar-refractivity contribution is 0.566. The lowest BCUT2D eigenvalue weighted by Gasteiger charge is -2.00. The van der Waals surface area contributed by atoms with Gasteiger partial charge in [-0.15, -0.1) is 0 Å². The minimum atomic E-state index is 0.977. The van der Waals surface area contributed by atoms with E-state index in [9.17, 15) is 0 Å². The van der Waals surface area contributed by atoms with Crippen molar-refractivity contribution < 1.29 is 0 Å². The Bertz CT molecular complexity index is 32.7. The molecule has 0 spiro atoms. The predicted octanol–water partition coefficient (Wildman–Crippen LogP) is -0.680. The van der Waals surface area contributed by atoms with Crippen LogP contribution in [0.25, 0.3) is 0 Å². The second-order valence-electron chi connectivity index (χ2n) is 1.53. The number of hydrazine groups is 1. The van der Waals surface area contributed by atoms with E-state index in [1.165, 1.54) is 0 Å². The molecule has 0 saturated heterocycles. The SMILES string of the molecule is CCNCCNNC. The van der Waals surface area contributed by atoms with Crippen LogP contribution in [-0.4, -0.2) is 26.7 Å². The average molecular weight is 117 g/mol. The lowest BCUT2D eigenvalue weighted by Crippen LogP contribution is -2.34. The fourth-order valence-electron chi connectivity index (χ4n) is 0.453. The molecule has 0 radical (unpaired) electrons. The highest BCUT2D eigenvalue weighted by atomic mass is 15.3. The van der Waals surface area contributed by atoms with E-state index in [1.54, 1.807) is 0 Å². The third kappa shape index (κ3) is 5.88. The molecule has 0 rings (SSSR count). The Kier molecular flexibility index (Phi) is 6.78. The summed E-state index contributed by atoms with van der Waals surface area (Å²) in [5, 5.41) is 3.18. The van der Waals surface area contributed by atoms with E-state index in [4.69, 9.17) is 0 Å². The van der Waals surface area contributed by atoms with Crippen molar-refractivity contribution in [2.75, 3.05) is 26.7 Å². The van der Waals surface area contributed by atoms with Crippen molar-refractivity contribution in [1.29, 1.82) is 0 Å². The molecule has 3 N–H and O–H groups in total. The number of nitrogens with one attached hydrogen (secondary N) is 3. The van der Waals surface area contributed by atoms with Gasteiger partial charge >= 0.3 is 0 Å². The summed E-state index contributed by atoms with van der Waals surface area (Å²) in [6, 6.07) is 0. The van der Waals surface area contributed by atoms with Gasteiger partial charge in [0, 0.05) is 13.1 Å². The van der Waals surface area contributed by atoms with Crippen LogP contribution in [0.4, 0.5) is 0 Å². The summed E-state index contributed by atoms with van der Waals surface area (Å²) < 4.78 is 0. The molecule has 50 valence electrons. The molecule has 0 saturated carbocycles. The van der Waals surface area contributed by atoms with Crippen LogP contribution in [0, 0.1) is 0 Å². The molecule has 0 aromatic rings. The molecule has 0 unspecified atom stereocenters. The van der Waals surface area contributed by atoms with Gasteiger partial charge in [0.1, 0.15) is 0 Å². The van der Waals surface area contributed by atoms with Crippen LogP contribution in [0.3, 0.4) is 0 Å². The first-order valence-corrected chi connectivity index (χ1v) is 3.02. The van der Waals surface area contributed by atoms with Crippen molar-refractivity contribution in [2.45, 2.75) is 6.92 Å². The molecule has 0 heterocycles. The van der Waals surface area contributed by atoms with E-state index in [0.717, 1.165) is 19.6 Å². The fourth-order valence-corrected chi connectivity index (χ4v) is 0.453. The van der Waals surface area contributed by atoms with Gasteiger partial charge in [-0.3, -0.25) is 10.9 Å². The molecule has 0 aliphatic carbocycles. The van der Waals surface area contributed by atoms with Crippen LogP contribution in [0.15, 0.2) is 0 Å². The quantitative estimate of drug-likeness (QED) is 0.330. The molecule has 0 aliphatic rings. The molecule has 0 fully saturated rings. The van der Waals surface area contributed by atoms with Gasteiger partial charge in [0.2, 0.25) is 0 Å². The van der Waals surface area contributed by atoms with E-state index in [0.29, 0.717) is 0 Å². The Morgan fingerprint density at radius 1 is 1.25 bits per heavy atom. The van der Waals surface area contributed by atoms with Crippen LogP contribution in [0.5, 0.6) is 0 Å². The van der Waals surface area contributed by atoms with Gasteiger partial charge in [-0.1, -0.05) is 6.92 Å². The maximum atomic E-state index is 3.18. The summed E-state index contributed by atoms with van der Waals surface area (Å²) in [5.41, 5.74) is 5.81. The zero-order chi connectivity index (χ0) is 6.24. The van der Waals surface area contributed by atoms with Crippen molar-refractivity contribution in [3.8, 4) is 0 Å². The van der Waals surface area contributed by atoms with Crippen molar-refractivity contribution in [3.63, 3.8) is 0 Å². The molecule has 0 atom stereocenters. The molecule has 8 heavy (non-hydrogen) atoms. The number of hydrogen-bond acceptors (Lipinski definition) is 3. The van der Waals surface area contributed by atoms with Gasteiger partial charge in [0.25, 0.3) is 0 Å². The van der Waals surface area contributed by atoms with Gasteiger partial charge in [-0.2, -0.15) is 0 Å². The topological polar surface area (TPSA) is 36.1 Å². The molecular weight excluding hydrogens is 102 g/mol. The van der Waals surface area contributed by atoms with Crippen molar-refractivity contribution in [2.24, 2.45) is 0 Å². The van der Waals surface area contributed by atoms with E-state index in [2.05, 4.69) is 23.1 Å². The monoisotopic (exact) mass is 117 g/mol. The van der Waals surface area contributed by atoms with Crippen LogP contribution in [0.2, 0.25) is 0 Å². The molecule has 3 nitrogen and oxygen atoms in total. The first kappa shape index (κ1) is 7.88. The molecule has 3 heteroatoms. The van der Waals surface area contributed by atoms with E-state index in [1.807, 2.05) is 7.05 Å². The van der Waals surface area contributed by atoms with Crippen LogP contribution in [-0.2, 0) is 0 Å². The largest absolute Gasteiger partial charge is 0.316 e. The number of hydrogen-bond donors (Lipinski definition) is 3. The van der Waals surface area contributed by atoms with Crippen LogP contribution < -0.4 is 16.2 Å². The summed E-state index contributed by atoms with van der Waals surface area (Å²) in [5.74, 6) is 0. The Morgan fingerprint density at radius 2 is 2.00 bits per heavy atom. The predicted molar refractivity (Wildman–Crippen MR) is 35.6 cm³/mol. The molecular formula is C5H15N3. The maximum Gasteiger partial charge on any atom is 0.0225 e. The maximum absolute atomic E-state index is 3.18. The van der Waals surface area contributed by atoms with Crippen molar-refractivity contribution in [1.82, 2.24) is 16.2 Å². The minimum absolute atomic E-state index is 0.977.